The molecule has 1 amide bonds. The van der Waals surface area contributed by atoms with Crippen LogP contribution in [-0.2, 0) is 11.2 Å². The van der Waals surface area contributed by atoms with E-state index in [2.05, 4.69) is 30.2 Å². The number of nitrogens with zero attached hydrogens (tertiary/aromatic N) is 6. The molecule has 0 bridgehead atoms. The molecule has 0 saturated heterocycles. The molecule has 4 rings (SSSR count). The van der Waals surface area contributed by atoms with Crippen molar-refractivity contribution in [3.8, 4) is 11.5 Å². The maximum Gasteiger partial charge on any atom is 0.233 e. The summed E-state index contributed by atoms with van der Waals surface area (Å²) in [6.45, 7) is 1.75. The van der Waals surface area contributed by atoms with Crippen LogP contribution in [0.5, 0.6) is 0 Å². The Morgan fingerprint density at radius 3 is 2.45 bits per heavy atom. The van der Waals surface area contributed by atoms with Crippen molar-refractivity contribution in [3.05, 3.63) is 84.4 Å². The summed E-state index contributed by atoms with van der Waals surface area (Å²) in [5.74, 6) is 1.68. The third kappa shape index (κ3) is 5.05. The molecule has 0 aliphatic heterocycles. The second-order valence-corrected chi connectivity index (χ2v) is 6.89. The van der Waals surface area contributed by atoms with Gasteiger partial charge in [-0.15, -0.1) is 0 Å². The van der Waals surface area contributed by atoms with Gasteiger partial charge in [-0.05, 0) is 42.8 Å². The minimum Gasteiger partial charge on any atom is -0.329 e. The van der Waals surface area contributed by atoms with E-state index in [9.17, 15) is 4.79 Å². The molecule has 3 aromatic heterocycles. The molecule has 0 atom stereocenters. The van der Waals surface area contributed by atoms with Gasteiger partial charge in [-0.3, -0.25) is 15.1 Å². The van der Waals surface area contributed by atoms with E-state index >= 15 is 0 Å². The van der Waals surface area contributed by atoms with Crippen molar-refractivity contribution in [2.75, 3.05) is 17.3 Å². The molecule has 3 heterocycles. The summed E-state index contributed by atoms with van der Waals surface area (Å²) in [6, 6.07) is 19.2. The van der Waals surface area contributed by atoms with Gasteiger partial charge < -0.3 is 4.90 Å². The predicted molar refractivity (Wildman–Crippen MR) is 119 cm³/mol. The van der Waals surface area contributed by atoms with E-state index in [-0.39, 0.29) is 18.3 Å². The first-order valence-corrected chi connectivity index (χ1v) is 9.76. The maximum atomic E-state index is 12.5. The molecule has 0 spiro atoms. The quantitative estimate of drug-likeness (QED) is 0.518. The number of rotatable bonds is 6. The number of pyridine rings is 2. The van der Waals surface area contributed by atoms with Gasteiger partial charge in [-0.2, -0.15) is 9.97 Å². The zero-order chi connectivity index (χ0) is 21.6. The van der Waals surface area contributed by atoms with E-state index in [1.54, 1.807) is 25.4 Å². The molecule has 1 aromatic carbocycles. The summed E-state index contributed by atoms with van der Waals surface area (Å²) in [7, 11) is 1.95. The topological polar surface area (TPSA) is 96.8 Å². The van der Waals surface area contributed by atoms with Crippen LogP contribution in [0.2, 0.25) is 0 Å². The molecule has 1 N–H and O–H groups in total. The molecule has 0 radical (unpaired) electrons. The molecule has 0 fully saturated rings. The summed E-state index contributed by atoms with van der Waals surface area (Å²) in [4.78, 5) is 36.0. The third-order valence-corrected chi connectivity index (χ3v) is 4.55. The summed E-state index contributed by atoms with van der Waals surface area (Å²) in [6.07, 6.45) is 3.52. The summed E-state index contributed by atoms with van der Waals surface area (Å²) in [5.41, 5.74) is 2.44. The molecule has 8 nitrogen and oxygen atoms in total. The summed E-state index contributed by atoms with van der Waals surface area (Å²) >= 11 is 0. The van der Waals surface area contributed by atoms with Crippen LogP contribution in [0, 0.1) is 6.92 Å². The molecular weight excluding hydrogens is 390 g/mol. The predicted octanol–water partition coefficient (Wildman–Crippen LogP) is 3.59. The molecule has 8 heteroatoms. The van der Waals surface area contributed by atoms with E-state index in [0.29, 0.717) is 17.3 Å². The monoisotopic (exact) mass is 411 g/mol. The van der Waals surface area contributed by atoms with Crippen LogP contribution in [-0.4, -0.2) is 37.9 Å². The Balaban J connectivity index is 1.43. The number of aryl methyl sites for hydroxylation is 1. The Labute approximate surface area is 180 Å². The lowest BCUT2D eigenvalue weighted by Gasteiger charge is -2.18. The Hall–Kier alpha value is -4.20. The molecule has 31 heavy (non-hydrogen) atoms. The van der Waals surface area contributed by atoms with Gasteiger partial charge in [0.05, 0.1) is 6.42 Å². The van der Waals surface area contributed by atoms with Crippen LogP contribution in [0.15, 0.2) is 73.1 Å². The number of aromatic nitrogens is 5. The van der Waals surface area contributed by atoms with E-state index in [1.165, 1.54) is 0 Å². The number of amides is 1. The Morgan fingerprint density at radius 2 is 1.74 bits per heavy atom. The summed E-state index contributed by atoms with van der Waals surface area (Å²) < 4.78 is 0. The maximum absolute atomic E-state index is 12.5. The lowest BCUT2D eigenvalue weighted by molar-refractivity contribution is -0.115. The van der Waals surface area contributed by atoms with Crippen molar-refractivity contribution >= 4 is 23.4 Å². The highest BCUT2D eigenvalue weighted by molar-refractivity contribution is 5.90. The minimum atomic E-state index is -0.233. The zero-order valence-corrected chi connectivity index (χ0v) is 17.2. The second kappa shape index (κ2) is 9.08. The van der Waals surface area contributed by atoms with Gasteiger partial charge in [0.25, 0.3) is 0 Å². The fourth-order valence-corrected chi connectivity index (χ4v) is 3.01. The van der Waals surface area contributed by atoms with Gasteiger partial charge in [0.15, 0.2) is 5.82 Å². The zero-order valence-electron chi connectivity index (χ0n) is 17.2. The number of carbonyl (C=O) groups excluding carboxylic acids is 1. The average Bonchev–Trinajstić information content (AvgIpc) is 2.80. The normalized spacial score (nSPS) is 10.5. The highest BCUT2D eigenvalue weighted by Gasteiger charge is 2.12. The van der Waals surface area contributed by atoms with E-state index in [0.717, 1.165) is 17.1 Å². The van der Waals surface area contributed by atoms with E-state index < -0.39 is 0 Å². The van der Waals surface area contributed by atoms with Crippen molar-refractivity contribution in [2.24, 2.45) is 0 Å². The fourth-order valence-electron chi connectivity index (χ4n) is 3.01. The number of hydrogen-bond donors (Lipinski definition) is 1. The van der Waals surface area contributed by atoms with Crippen LogP contribution in [0.4, 0.5) is 17.5 Å². The largest absolute Gasteiger partial charge is 0.329 e. The number of nitrogens with one attached hydrogen (secondary N) is 1. The lowest BCUT2D eigenvalue weighted by Crippen LogP contribution is -2.18. The minimum absolute atomic E-state index is 0.159. The van der Waals surface area contributed by atoms with Gasteiger partial charge in [-0.1, -0.05) is 30.3 Å². The number of para-hydroxylation sites is 1. The smallest absolute Gasteiger partial charge is 0.233 e. The van der Waals surface area contributed by atoms with Crippen LogP contribution >= 0.6 is 0 Å². The third-order valence-electron chi connectivity index (χ3n) is 4.55. The number of hydrogen-bond acceptors (Lipinski definition) is 7. The molecule has 4 aromatic rings. The highest BCUT2D eigenvalue weighted by atomic mass is 16.1. The molecule has 0 aliphatic rings. The molecule has 0 saturated carbocycles. The molecule has 154 valence electrons. The standard InChI is InChI=1S/C23H21N7O/c1-16-26-22(19-10-6-7-13-24-19)29-23(27-16)28-21(31)14-17-11-12-20(25-15-17)30(2)18-8-4-3-5-9-18/h3-13,15H,14H2,1-2H3,(H,26,27,28,29,31). The van der Waals surface area contributed by atoms with Crippen molar-refractivity contribution in [1.29, 1.82) is 0 Å². The highest BCUT2D eigenvalue weighted by Crippen LogP contribution is 2.21. The molecule has 0 aliphatic carbocycles. The van der Waals surface area contributed by atoms with Crippen molar-refractivity contribution in [1.82, 2.24) is 24.9 Å². The van der Waals surface area contributed by atoms with Crippen LogP contribution in [0.3, 0.4) is 0 Å². The average molecular weight is 411 g/mol. The van der Waals surface area contributed by atoms with Gasteiger partial charge in [0, 0.05) is 25.1 Å². The lowest BCUT2D eigenvalue weighted by atomic mass is 10.2. The second-order valence-electron chi connectivity index (χ2n) is 6.89. The van der Waals surface area contributed by atoms with E-state index in [1.807, 2.05) is 66.5 Å². The van der Waals surface area contributed by atoms with Crippen LogP contribution in [0.25, 0.3) is 11.5 Å². The molecule has 0 unspecified atom stereocenters. The van der Waals surface area contributed by atoms with Crippen LogP contribution < -0.4 is 10.2 Å². The fraction of sp³-hybridized carbons (Fsp3) is 0.130. The van der Waals surface area contributed by atoms with Gasteiger partial charge in [0.1, 0.15) is 17.3 Å². The van der Waals surface area contributed by atoms with Crippen LogP contribution in [0.1, 0.15) is 11.4 Å². The first kappa shape index (κ1) is 20.1. The number of carbonyl (C=O) groups is 1. The van der Waals surface area contributed by atoms with Gasteiger partial charge >= 0.3 is 0 Å². The van der Waals surface area contributed by atoms with Gasteiger partial charge in [-0.25, -0.2) is 9.97 Å². The summed E-state index contributed by atoms with van der Waals surface area (Å²) in [5, 5.41) is 2.74. The Bertz CT molecular complexity index is 1170. The van der Waals surface area contributed by atoms with Crippen molar-refractivity contribution < 1.29 is 4.79 Å². The van der Waals surface area contributed by atoms with Crippen molar-refractivity contribution in [2.45, 2.75) is 13.3 Å². The molecular formula is C23H21N7O. The number of benzene rings is 1. The Kier molecular flexibility index (Phi) is 5.89. The first-order valence-electron chi connectivity index (χ1n) is 9.76. The van der Waals surface area contributed by atoms with Gasteiger partial charge in [0.2, 0.25) is 11.9 Å². The first-order chi connectivity index (χ1) is 15.1. The van der Waals surface area contributed by atoms with E-state index in [4.69, 9.17) is 0 Å². The van der Waals surface area contributed by atoms with Crippen molar-refractivity contribution in [3.63, 3.8) is 0 Å². The Morgan fingerprint density at radius 1 is 0.935 bits per heavy atom. The SMILES string of the molecule is Cc1nc(NC(=O)Cc2ccc(N(C)c3ccccc3)nc2)nc(-c2ccccn2)n1. The number of anilines is 3.